The second kappa shape index (κ2) is 9.17. The van der Waals surface area contributed by atoms with Gasteiger partial charge < -0.3 is 14.2 Å². The normalized spacial score (nSPS) is 10.7. The van der Waals surface area contributed by atoms with Gasteiger partial charge in [-0.15, -0.1) is 0 Å². The van der Waals surface area contributed by atoms with Crippen LogP contribution < -0.4 is 10.3 Å². The zero-order valence-corrected chi connectivity index (χ0v) is 17.1. The van der Waals surface area contributed by atoms with Crippen LogP contribution in [0.5, 0.6) is 5.75 Å². The standard InChI is InChI=1S/C23H19N3O6/c1-30-22(28)16-9-5-6-10-19(16)31-11-12-32-23(29)18-13-20-24-17(14-21(27)26(20)25-18)15-7-3-2-4-8-15/h2-10,13-14,25H,11-12H2,1H3. The average molecular weight is 433 g/mol. The van der Waals surface area contributed by atoms with E-state index in [1.54, 1.807) is 24.3 Å². The first-order valence-corrected chi connectivity index (χ1v) is 9.72. The Hall–Kier alpha value is -4.40. The molecular formula is C23H19N3O6. The van der Waals surface area contributed by atoms with Gasteiger partial charge in [0.05, 0.1) is 12.8 Å². The van der Waals surface area contributed by atoms with Gasteiger partial charge in [0.15, 0.2) is 5.65 Å². The van der Waals surface area contributed by atoms with Gasteiger partial charge in [0.25, 0.3) is 5.56 Å². The summed E-state index contributed by atoms with van der Waals surface area (Å²) < 4.78 is 16.6. The molecule has 2 heterocycles. The van der Waals surface area contributed by atoms with E-state index in [0.29, 0.717) is 17.1 Å². The molecule has 4 rings (SSSR count). The third kappa shape index (κ3) is 4.36. The highest BCUT2D eigenvalue weighted by molar-refractivity contribution is 5.92. The third-order valence-corrected chi connectivity index (χ3v) is 4.61. The van der Waals surface area contributed by atoms with Crippen LogP contribution in [0.2, 0.25) is 0 Å². The minimum absolute atomic E-state index is 0.0241. The number of ether oxygens (including phenoxy) is 3. The predicted molar refractivity (Wildman–Crippen MR) is 115 cm³/mol. The molecule has 0 aliphatic heterocycles. The first kappa shape index (κ1) is 20.9. The largest absolute Gasteiger partial charge is 0.489 e. The van der Waals surface area contributed by atoms with Gasteiger partial charge in [0.2, 0.25) is 0 Å². The van der Waals surface area contributed by atoms with E-state index < -0.39 is 11.9 Å². The molecule has 0 aliphatic carbocycles. The number of esters is 2. The lowest BCUT2D eigenvalue weighted by atomic mass is 10.1. The van der Waals surface area contributed by atoms with Crippen LogP contribution in [0.25, 0.3) is 16.9 Å². The van der Waals surface area contributed by atoms with Crippen LogP contribution in [0.15, 0.2) is 71.5 Å². The fourth-order valence-corrected chi connectivity index (χ4v) is 3.09. The van der Waals surface area contributed by atoms with E-state index in [0.717, 1.165) is 5.56 Å². The van der Waals surface area contributed by atoms with Gasteiger partial charge in [-0.05, 0) is 12.1 Å². The summed E-state index contributed by atoms with van der Waals surface area (Å²) in [4.78, 5) is 41.0. The number of carbonyl (C=O) groups excluding carboxylic acids is 2. The summed E-state index contributed by atoms with van der Waals surface area (Å²) >= 11 is 0. The third-order valence-electron chi connectivity index (χ3n) is 4.61. The molecule has 0 saturated heterocycles. The maximum atomic E-state index is 12.4. The summed E-state index contributed by atoms with van der Waals surface area (Å²) in [6.07, 6.45) is 0. The zero-order chi connectivity index (χ0) is 22.5. The number of methoxy groups -OCH3 is 1. The number of hydrogen-bond donors (Lipinski definition) is 1. The molecule has 9 heteroatoms. The van der Waals surface area contributed by atoms with Crippen molar-refractivity contribution in [2.45, 2.75) is 0 Å². The lowest BCUT2D eigenvalue weighted by Gasteiger charge is -2.10. The van der Waals surface area contributed by atoms with Crippen molar-refractivity contribution in [3.8, 4) is 17.0 Å². The first-order valence-electron chi connectivity index (χ1n) is 9.72. The molecule has 1 N–H and O–H groups in total. The van der Waals surface area contributed by atoms with E-state index >= 15 is 0 Å². The van der Waals surface area contributed by atoms with E-state index in [4.69, 9.17) is 14.2 Å². The van der Waals surface area contributed by atoms with E-state index in [1.165, 1.54) is 23.8 Å². The summed E-state index contributed by atoms with van der Waals surface area (Å²) in [6, 6.07) is 18.7. The summed E-state index contributed by atoms with van der Waals surface area (Å²) in [5, 5.41) is 2.70. The van der Waals surface area contributed by atoms with Gasteiger partial charge in [-0.1, -0.05) is 42.5 Å². The lowest BCUT2D eigenvalue weighted by molar-refractivity contribution is 0.0437. The maximum absolute atomic E-state index is 12.4. The molecule has 0 radical (unpaired) electrons. The SMILES string of the molecule is COC(=O)c1ccccc1OCCOC(=O)c1cc2nc(-c3ccccc3)cc(=O)n2[nH]1. The van der Waals surface area contributed by atoms with E-state index in [1.807, 2.05) is 30.3 Å². The van der Waals surface area contributed by atoms with Crippen LogP contribution in [0, 0.1) is 0 Å². The monoisotopic (exact) mass is 433 g/mol. The van der Waals surface area contributed by atoms with Crippen LogP contribution in [0.4, 0.5) is 0 Å². The molecule has 9 nitrogen and oxygen atoms in total. The van der Waals surface area contributed by atoms with Crippen LogP contribution in [-0.2, 0) is 9.47 Å². The molecule has 0 unspecified atom stereocenters. The molecule has 32 heavy (non-hydrogen) atoms. The fourth-order valence-electron chi connectivity index (χ4n) is 3.09. The Kier molecular flexibility index (Phi) is 5.98. The summed E-state index contributed by atoms with van der Waals surface area (Å²) in [5.74, 6) is -0.866. The Balaban J connectivity index is 1.42. The zero-order valence-electron chi connectivity index (χ0n) is 17.1. The number of aromatic nitrogens is 3. The second-order valence-electron chi connectivity index (χ2n) is 6.68. The number of fused-ring (bicyclic) bond motifs is 1. The topological polar surface area (TPSA) is 112 Å². The summed E-state index contributed by atoms with van der Waals surface area (Å²) in [6.45, 7) is -0.0440. The van der Waals surface area contributed by atoms with Crippen molar-refractivity contribution < 1.29 is 23.8 Å². The van der Waals surface area contributed by atoms with Gasteiger partial charge in [0.1, 0.15) is 30.2 Å². The number of benzene rings is 2. The van der Waals surface area contributed by atoms with Crippen molar-refractivity contribution in [1.29, 1.82) is 0 Å². The highest BCUT2D eigenvalue weighted by Crippen LogP contribution is 2.19. The van der Waals surface area contributed by atoms with Gasteiger partial charge in [0, 0.05) is 17.7 Å². The van der Waals surface area contributed by atoms with Crippen molar-refractivity contribution in [2.75, 3.05) is 20.3 Å². The van der Waals surface area contributed by atoms with E-state index in [2.05, 4.69) is 10.1 Å². The van der Waals surface area contributed by atoms with E-state index in [9.17, 15) is 14.4 Å². The fraction of sp³-hybridized carbons (Fsp3) is 0.130. The molecule has 0 saturated carbocycles. The molecule has 0 bridgehead atoms. The number of nitrogens with zero attached hydrogens (tertiary/aromatic N) is 2. The van der Waals surface area contributed by atoms with Gasteiger partial charge >= 0.3 is 11.9 Å². The van der Waals surface area contributed by atoms with Crippen LogP contribution in [0.3, 0.4) is 0 Å². The average Bonchev–Trinajstić information content (AvgIpc) is 3.27. The van der Waals surface area contributed by atoms with Crippen LogP contribution >= 0.6 is 0 Å². The highest BCUT2D eigenvalue weighted by atomic mass is 16.6. The minimum Gasteiger partial charge on any atom is -0.489 e. The van der Waals surface area contributed by atoms with Gasteiger partial charge in [-0.2, -0.15) is 0 Å². The second-order valence-corrected chi connectivity index (χ2v) is 6.68. The molecular weight excluding hydrogens is 414 g/mol. The Morgan fingerprint density at radius 1 is 0.969 bits per heavy atom. The van der Waals surface area contributed by atoms with Gasteiger partial charge in [-0.25, -0.2) is 19.1 Å². The van der Waals surface area contributed by atoms with Crippen molar-refractivity contribution in [1.82, 2.24) is 14.6 Å². The number of nitrogens with one attached hydrogen (secondary N) is 1. The summed E-state index contributed by atoms with van der Waals surface area (Å²) in [7, 11) is 1.28. The molecule has 0 fully saturated rings. The maximum Gasteiger partial charge on any atom is 0.356 e. The Morgan fingerprint density at radius 2 is 1.72 bits per heavy atom. The van der Waals surface area contributed by atoms with E-state index in [-0.39, 0.29) is 30.0 Å². The molecule has 0 amide bonds. The van der Waals surface area contributed by atoms with Crippen molar-refractivity contribution in [3.05, 3.63) is 88.3 Å². The number of aromatic amines is 1. The van der Waals surface area contributed by atoms with Crippen molar-refractivity contribution >= 4 is 17.6 Å². The van der Waals surface area contributed by atoms with Gasteiger partial charge in [-0.3, -0.25) is 9.89 Å². The van der Waals surface area contributed by atoms with Crippen molar-refractivity contribution in [2.24, 2.45) is 0 Å². The number of carbonyl (C=O) groups is 2. The highest BCUT2D eigenvalue weighted by Gasteiger charge is 2.15. The molecule has 2 aromatic heterocycles. The number of rotatable bonds is 7. The smallest absolute Gasteiger partial charge is 0.356 e. The lowest BCUT2D eigenvalue weighted by Crippen LogP contribution is -2.16. The summed E-state index contributed by atoms with van der Waals surface area (Å²) in [5.41, 5.74) is 1.60. The Bertz CT molecular complexity index is 1330. The Labute approximate surface area is 182 Å². The van der Waals surface area contributed by atoms with Crippen LogP contribution in [0.1, 0.15) is 20.8 Å². The van der Waals surface area contributed by atoms with Crippen molar-refractivity contribution in [3.63, 3.8) is 0 Å². The molecule has 162 valence electrons. The number of hydrogen-bond acceptors (Lipinski definition) is 7. The Morgan fingerprint density at radius 3 is 2.50 bits per heavy atom. The van der Waals surface area contributed by atoms with Crippen LogP contribution in [-0.4, -0.2) is 46.9 Å². The molecule has 0 atom stereocenters. The first-order chi connectivity index (χ1) is 15.6. The molecule has 4 aromatic rings. The number of para-hydroxylation sites is 1. The molecule has 2 aromatic carbocycles. The number of H-pyrrole nitrogens is 1. The molecule has 0 spiro atoms. The predicted octanol–water partition coefficient (Wildman–Crippen LogP) is 2.71. The molecule has 0 aliphatic rings. The minimum atomic E-state index is -0.666. The quantitative estimate of drug-likeness (QED) is 0.352.